The number of hydrogen-bond acceptors (Lipinski definition) is 3. The zero-order valence-electron chi connectivity index (χ0n) is 14.3. The minimum Gasteiger partial charge on any atom is -0.294 e. The Morgan fingerprint density at radius 2 is 1.70 bits per heavy atom. The van der Waals surface area contributed by atoms with Gasteiger partial charge in [-0.25, -0.2) is 8.42 Å². The van der Waals surface area contributed by atoms with Crippen molar-refractivity contribution >= 4 is 15.6 Å². The lowest BCUT2D eigenvalue weighted by atomic mass is 10.0. The van der Waals surface area contributed by atoms with Crippen molar-refractivity contribution in [1.82, 2.24) is 0 Å². The van der Waals surface area contributed by atoms with Crippen LogP contribution in [0.1, 0.15) is 73.9 Å². The van der Waals surface area contributed by atoms with E-state index in [4.69, 9.17) is 0 Å². The summed E-state index contributed by atoms with van der Waals surface area (Å²) in [6.45, 7) is 3.50. The Morgan fingerprint density at radius 1 is 1.00 bits per heavy atom. The van der Waals surface area contributed by atoms with E-state index in [1.165, 1.54) is 11.1 Å². The normalized spacial score (nSPS) is 14.5. The summed E-state index contributed by atoms with van der Waals surface area (Å²) in [6.07, 6.45) is 7.74. The van der Waals surface area contributed by atoms with E-state index in [0.717, 1.165) is 50.5 Å². The van der Waals surface area contributed by atoms with Crippen LogP contribution in [0.3, 0.4) is 0 Å². The van der Waals surface area contributed by atoms with Crippen LogP contribution >= 0.6 is 0 Å². The molecule has 0 fully saturated rings. The third kappa shape index (κ3) is 5.17. The van der Waals surface area contributed by atoms with Crippen LogP contribution in [0.4, 0.5) is 0 Å². The first kappa shape index (κ1) is 18.2. The van der Waals surface area contributed by atoms with Crippen LogP contribution in [-0.2, 0) is 22.7 Å². The third-order valence-electron chi connectivity index (χ3n) is 4.70. The molecule has 3 nitrogen and oxygen atoms in total. The maximum atomic E-state index is 11.7. The highest BCUT2D eigenvalue weighted by molar-refractivity contribution is 7.91. The second-order valence-electron chi connectivity index (χ2n) is 6.85. The molecule has 2 rings (SSSR count). The minimum absolute atomic E-state index is 0.255. The Morgan fingerprint density at radius 3 is 2.43 bits per heavy atom. The van der Waals surface area contributed by atoms with Crippen molar-refractivity contribution in [2.24, 2.45) is 0 Å². The van der Waals surface area contributed by atoms with Gasteiger partial charge >= 0.3 is 0 Å². The fourth-order valence-corrected chi connectivity index (χ4v) is 4.14. The number of aryl methyl sites for hydroxylation is 2. The molecule has 4 heteroatoms. The zero-order chi connectivity index (χ0) is 16.9. The van der Waals surface area contributed by atoms with E-state index < -0.39 is 9.84 Å². The highest BCUT2D eigenvalue weighted by Crippen LogP contribution is 2.23. The predicted molar refractivity (Wildman–Crippen MR) is 94.8 cm³/mol. The van der Waals surface area contributed by atoms with E-state index in [2.05, 4.69) is 12.1 Å². The SMILES string of the molecule is CC(C)S(=O)(=O)CCCCCCCc1ccc2c(c1)CCC2=O. The van der Waals surface area contributed by atoms with Crippen LogP contribution in [0.15, 0.2) is 18.2 Å². The molecule has 1 aliphatic rings. The van der Waals surface area contributed by atoms with Crippen molar-refractivity contribution in [3.63, 3.8) is 0 Å². The van der Waals surface area contributed by atoms with Crippen LogP contribution in [0.5, 0.6) is 0 Å². The lowest BCUT2D eigenvalue weighted by Crippen LogP contribution is -2.17. The van der Waals surface area contributed by atoms with Crippen LogP contribution in [-0.4, -0.2) is 25.2 Å². The fraction of sp³-hybridized carbons (Fsp3) is 0.632. The second-order valence-corrected chi connectivity index (χ2v) is 9.52. The van der Waals surface area contributed by atoms with Gasteiger partial charge in [0.25, 0.3) is 0 Å². The highest BCUT2D eigenvalue weighted by Gasteiger charge is 2.19. The Hall–Kier alpha value is -1.16. The van der Waals surface area contributed by atoms with E-state index in [-0.39, 0.29) is 11.0 Å². The van der Waals surface area contributed by atoms with Gasteiger partial charge in [0, 0.05) is 12.0 Å². The summed E-state index contributed by atoms with van der Waals surface area (Å²) in [5.74, 6) is 0.603. The van der Waals surface area contributed by atoms with Gasteiger partial charge in [0.1, 0.15) is 0 Å². The fourth-order valence-electron chi connectivity index (χ4n) is 3.06. The molecule has 23 heavy (non-hydrogen) atoms. The third-order valence-corrected chi connectivity index (χ3v) is 7.00. The first-order chi connectivity index (χ1) is 10.9. The minimum atomic E-state index is -2.87. The first-order valence-electron chi connectivity index (χ1n) is 8.77. The molecule has 0 amide bonds. The number of benzene rings is 1. The van der Waals surface area contributed by atoms with E-state index in [0.29, 0.717) is 12.2 Å². The number of Topliss-reactive ketones (excluding diaryl/α,β-unsaturated/α-hetero) is 1. The molecule has 0 saturated heterocycles. The summed E-state index contributed by atoms with van der Waals surface area (Å²) >= 11 is 0. The van der Waals surface area contributed by atoms with Crippen molar-refractivity contribution in [1.29, 1.82) is 0 Å². The molecule has 1 aromatic rings. The molecule has 0 aliphatic heterocycles. The molecular formula is C19H28O3S. The summed E-state index contributed by atoms with van der Waals surface area (Å²) in [6, 6.07) is 6.25. The quantitative estimate of drug-likeness (QED) is 0.637. The molecule has 0 unspecified atom stereocenters. The lowest BCUT2D eigenvalue weighted by Gasteiger charge is -2.07. The topological polar surface area (TPSA) is 51.2 Å². The summed E-state index contributed by atoms with van der Waals surface area (Å²) in [7, 11) is -2.87. The van der Waals surface area contributed by atoms with Crippen LogP contribution < -0.4 is 0 Å². The summed E-state index contributed by atoms with van der Waals surface area (Å²) in [5.41, 5.74) is 3.45. The number of sulfone groups is 1. The summed E-state index contributed by atoms with van der Waals surface area (Å²) in [4.78, 5) is 11.6. The van der Waals surface area contributed by atoms with Gasteiger partial charge in [-0.3, -0.25) is 4.79 Å². The van der Waals surface area contributed by atoms with Gasteiger partial charge in [-0.2, -0.15) is 0 Å². The van der Waals surface area contributed by atoms with Crippen molar-refractivity contribution < 1.29 is 13.2 Å². The molecule has 0 heterocycles. The average Bonchev–Trinajstić information content (AvgIpc) is 2.87. The number of hydrogen-bond donors (Lipinski definition) is 0. The van der Waals surface area contributed by atoms with Gasteiger partial charge in [0.05, 0.1) is 11.0 Å². The summed E-state index contributed by atoms with van der Waals surface area (Å²) in [5, 5.41) is -0.255. The lowest BCUT2D eigenvalue weighted by molar-refractivity contribution is 0.0994. The monoisotopic (exact) mass is 336 g/mol. The van der Waals surface area contributed by atoms with Gasteiger partial charge in [0.2, 0.25) is 0 Å². The Balaban J connectivity index is 1.62. The van der Waals surface area contributed by atoms with Gasteiger partial charge in [-0.1, -0.05) is 37.5 Å². The smallest absolute Gasteiger partial charge is 0.163 e. The molecular weight excluding hydrogens is 308 g/mol. The predicted octanol–water partition coefficient (Wildman–Crippen LogP) is 4.13. The highest BCUT2D eigenvalue weighted by atomic mass is 32.2. The average molecular weight is 336 g/mol. The van der Waals surface area contributed by atoms with Crippen molar-refractivity contribution in [2.75, 3.05) is 5.75 Å². The van der Waals surface area contributed by atoms with Gasteiger partial charge in [0.15, 0.2) is 15.6 Å². The molecule has 0 atom stereocenters. The van der Waals surface area contributed by atoms with Gasteiger partial charge in [-0.05, 0) is 50.7 Å². The molecule has 1 aliphatic carbocycles. The van der Waals surface area contributed by atoms with E-state index in [9.17, 15) is 13.2 Å². The van der Waals surface area contributed by atoms with Crippen molar-refractivity contribution in [3.8, 4) is 0 Å². The molecule has 1 aromatic carbocycles. The number of ketones is 1. The van der Waals surface area contributed by atoms with Crippen LogP contribution in [0.25, 0.3) is 0 Å². The standard InChI is InChI=1S/C19H28O3S/c1-15(2)23(21,22)13-7-5-3-4-6-8-16-9-11-18-17(14-16)10-12-19(18)20/h9,11,14-15H,3-8,10,12-13H2,1-2H3. The molecule has 0 radical (unpaired) electrons. The number of carbonyl (C=O) groups excluding carboxylic acids is 1. The first-order valence-corrected chi connectivity index (χ1v) is 10.5. The largest absolute Gasteiger partial charge is 0.294 e. The number of fused-ring (bicyclic) bond motifs is 1. The molecule has 0 spiro atoms. The maximum absolute atomic E-state index is 11.7. The Labute approximate surface area is 140 Å². The molecule has 0 bridgehead atoms. The van der Waals surface area contributed by atoms with Gasteiger partial charge < -0.3 is 0 Å². The Bertz CT molecular complexity index is 645. The second kappa shape index (κ2) is 8.09. The Kier molecular flexibility index (Phi) is 6.40. The van der Waals surface area contributed by atoms with E-state index >= 15 is 0 Å². The molecule has 128 valence electrons. The van der Waals surface area contributed by atoms with Crippen molar-refractivity contribution in [3.05, 3.63) is 34.9 Å². The van der Waals surface area contributed by atoms with Gasteiger partial charge in [-0.15, -0.1) is 0 Å². The molecule has 0 aromatic heterocycles. The van der Waals surface area contributed by atoms with Crippen LogP contribution in [0.2, 0.25) is 0 Å². The number of unbranched alkanes of at least 4 members (excludes halogenated alkanes) is 4. The summed E-state index contributed by atoms with van der Waals surface area (Å²) < 4.78 is 23.4. The number of carbonyl (C=O) groups is 1. The zero-order valence-corrected chi connectivity index (χ0v) is 15.1. The van der Waals surface area contributed by atoms with E-state index in [1.807, 2.05) is 6.07 Å². The molecule has 0 N–H and O–H groups in total. The van der Waals surface area contributed by atoms with E-state index in [1.54, 1.807) is 13.8 Å². The number of rotatable bonds is 9. The van der Waals surface area contributed by atoms with Crippen molar-refractivity contribution in [2.45, 2.75) is 70.5 Å². The molecule has 0 saturated carbocycles. The van der Waals surface area contributed by atoms with Crippen LogP contribution in [0, 0.1) is 0 Å². The maximum Gasteiger partial charge on any atom is 0.163 e.